The summed E-state index contributed by atoms with van der Waals surface area (Å²) in [6, 6.07) is 8.59. The predicted molar refractivity (Wildman–Crippen MR) is 142 cm³/mol. The Morgan fingerprint density at radius 2 is 1.67 bits per heavy atom. The first-order valence-corrected chi connectivity index (χ1v) is 12.7. The topological polar surface area (TPSA) is 96.9 Å². The van der Waals surface area contributed by atoms with E-state index in [9.17, 15) is 9.59 Å². The largest absolute Gasteiger partial charge is 0.353 e. The summed E-state index contributed by atoms with van der Waals surface area (Å²) in [7, 11) is 7.10. The standard InChI is InChI=1S/C26H38N8O2/c1-31(2)25(35)29-22-6-5-13-34(18-22)24-17-27-16-23(30-24)28-21-9-7-19(8-10-21)20-11-14-33(15-12-20)26(36)32(3)4/h7-10,16-17,20,22H,5-6,11-15,18H2,1-4H3,(H,28,30)(H,29,35)/t22-/m1/s1. The Morgan fingerprint density at radius 3 is 2.33 bits per heavy atom. The Bertz CT molecular complexity index is 1030. The number of aromatic nitrogens is 2. The van der Waals surface area contributed by atoms with Crippen molar-refractivity contribution in [1.29, 1.82) is 0 Å². The maximum Gasteiger partial charge on any atom is 0.319 e. The molecule has 1 aromatic heterocycles. The van der Waals surface area contributed by atoms with Gasteiger partial charge in [-0.1, -0.05) is 12.1 Å². The van der Waals surface area contributed by atoms with Gasteiger partial charge in [-0.15, -0.1) is 0 Å². The predicted octanol–water partition coefficient (Wildman–Crippen LogP) is 3.32. The number of piperidine rings is 2. The molecule has 2 aliphatic rings. The van der Waals surface area contributed by atoms with Crippen LogP contribution in [0.15, 0.2) is 36.7 Å². The second-order valence-corrected chi connectivity index (χ2v) is 10.1. The molecule has 4 rings (SSSR count). The summed E-state index contributed by atoms with van der Waals surface area (Å²) in [4.78, 5) is 40.7. The van der Waals surface area contributed by atoms with E-state index in [0.29, 0.717) is 18.3 Å². The summed E-state index contributed by atoms with van der Waals surface area (Å²) < 4.78 is 0. The molecule has 10 heteroatoms. The van der Waals surface area contributed by atoms with Crippen LogP contribution >= 0.6 is 0 Å². The van der Waals surface area contributed by atoms with E-state index >= 15 is 0 Å². The molecule has 2 saturated heterocycles. The number of carbonyl (C=O) groups excluding carboxylic acids is 2. The number of urea groups is 2. The van der Waals surface area contributed by atoms with E-state index in [0.717, 1.165) is 56.8 Å². The summed E-state index contributed by atoms with van der Waals surface area (Å²) >= 11 is 0. The number of benzene rings is 1. The van der Waals surface area contributed by atoms with Gasteiger partial charge >= 0.3 is 12.1 Å². The first-order valence-electron chi connectivity index (χ1n) is 12.7. The molecule has 10 nitrogen and oxygen atoms in total. The van der Waals surface area contributed by atoms with Crippen molar-refractivity contribution in [2.24, 2.45) is 0 Å². The molecule has 3 heterocycles. The van der Waals surface area contributed by atoms with Crippen LogP contribution in [0.2, 0.25) is 0 Å². The molecule has 0 spiro atoms. The Balaban J connectivity index is 1.33. The number of carbonyl (C=O) groups is 2. The number of anilines is 3. The highest BCUT2D eigenvalue weighted by atomic mass is 16.2. The molecule has 0 bridgehead atoms. The molecular formula is C26H38N8O2. The number of hydrogen-bond acceptors (Lipinski definition) is 6. The molecule has 0 saturated carbocycles. The monoisotopic (exact) mass is 494 g/mol. The Kier molecular flexibility index (Phi) is 8.12. The highest BCUT2D eigenvalue weighted by molar-refractivity contribution is 5.74. The lowest BCUT2D eigenvalue weighted by atomic mass is 9.89. The van der Waals surface area contributed by atoms with Crippen molar-refractivity contribution in [2.75, 3.05) is 64.6 Å². The zero-order valence-corrected chi connectivity index (χ0v) is 21.8. The molecule has 0 radical (unpaired) electrons. The minimum absolute atomic E-state index is 0.0700. The van der Waals surface area contributed by atoms with Gasteiger partial charge in [0.1, 0.15) is 5.82 Å². The van der Waals surface area contributed by atoms with E-state index in [4.69, 9.17) is 4.98 Å². The van der Waals surface area contributed by atoms with E-state index in [-0.39, 0.29) is 18.1 Å². The summed E-state index contributed by atoms with van der Waals surface area (Å²) in [5.74, 6) is 1.96. The minimum atomic E-state index is -0.0700. The highest BCUT2D eigenvalue weighted by Gasteiger charge is 2.25. The molecule has 194 valence electrons. The lowest BCUT2D eigenvalue weighted by Gasteiger charge is -2.34. The quantitative estimate of drug-likeness (QED) is 0.662. The average Bonchev–Trinajstić information content (AvgIpc) is 2.89. The van der Waals surface area contributed by atoms with Gasteiger partial charge in [0.25, 0.3) is 0 Å². The van der Waals surface area contributed by atoms with Crippen LogP contribution in [0, 0.1) is 0 Å². The number of hydrogen-bond donors (Lipinski definition) is 2. The summed E-state index contributed by atoms with van der Waals surface area (Å²) in [5, 5.41) is 6.45. The van der Waals surface area contributed by atoms with Crippen molar-refractivity contribution in [2.45, 2.75) is 37.6 Å². The van der Waals surface area contributed by atoms with E-state index in [2.05, 4.69) is 44.8 Å². The molecule has 1 aromatic carbocycles. The van der Waals surface area contributed by atoms with Crippen molar-refractivity contribution in [3.05, 3.63) is 42.2 Å². The first-order chi connectivity index (χ1) is 17.3. The van der Waals surface area contributed by atoms with Gasteiger partial charge in [0.15, 0.2) is 5.82 Å². The summed E-state index contributed by atoms with van der Waals surface area (Å²) in [6.07, 6.45) is 7.40. The van der Waals surface area contributed by atoms with Crippen LogP contribution in [0.3, 0.4) is 0 Å². The molecule has 0 unspecified atom stereocenters. The molecule has 2 aliphatic heterocycles. The molecule has 2 aromatic rings. The number of rotatable bonds is 5. The lowest BCUT2D eigenvalue weighted by molar-refractivity contribution is 0.156. The van der Waals surface area contributed by atoms with Crippen LogP contribution in [0.25, 0.3) is 0 Å². The lowest BCUT2D eigenvalue weighted by Crippen LogP contribution is -2.50. The molecule has 0 aliphatic carbocycles. The fraction of sp³-hybridized carbons (Fsp3) is 0.538. The van der Waals surface area contributed by atoms with E-state index in [1.165, 1.54) is 5.56 Å². The molecule has 2 fully saturated rings. The van der Waals surface area contributed by atoms with Gasteiger partial charge in [0.2, 0.25) is 0 Å². The SMILES string of the molecule is CN(C)C(=O)N[C@@H]1CCCN(c2cncc(Nc3ccc(C4CCN(C(=O)N(C)C)CC4)cc3)n2)C1. The van der Waals surface area contributed by atoms with Gasteiger partial charge < -0.3 is 30.2 Å². The van der Waals surface area contributed by atoms with Crippen LogP contribution in [0.5, 0.6) is 0 Å². The smallest absolute Gasteiger partial charge is 0.319 e. The van der Waals surface area contributed by atoms with Crippen LogP contribution < -0.4 is 15.5 Å². The van der Waals surface area contributed by atoms with Gasteiger partial charge in [-0.3, -0.25) is 4.98 Å². The van der Waals surface area contributed by atoms with Gasteiger partial charge in [0.05, 0.1) is 12.4 Å². The van der Waals surface area contributed by atoms with E-state index < -0.39 is 0 Å². The third kappa shape index (κ3) is 6.35. The van der Waals surface area contributed by atoms with Crippen LogP contribution in [0.1, 0.15) is 37.2 Å². The Hall–Kier alpha value is -3.56. The summed E-state index contributed by atoms with van der Waals surface area (Å²) in [5.41, 5.74) is 2.26. The average molecular weight is 495 g/mol. The maximum atomic E-state index is 12.2. The van der Waals surface area contributed by atoms with Crippen molar-refractivity contribution in [3.63, 3.8) is 0 Å². The van der Waals surface area contributed by atoms with E-state index in [1.54, 1.807) is 50.4 Å². The fourth-order valence-electron chi connectivity index (χ4n) is 4.85. The van der Waals surface area contributed by atoms with Crippen molar-refractivity contribution in [3.8, 4) is 0 Å². The molecule has 2 N–H and O–H groups in total. The second kappa shape index (κ2) is 11.5. The van der Waals surface area contributed by atoms with Crippen LogP contribution in [0.4, 0.5) is 26.9 Å². The molecule has 1 atom stereocenters. The summed E-state index contributed by atoms with van der Waals surface area (Å²) in [6.45, 7) is 3.19. The number of nitrogens with one attached hydrogen (secondary N) is 2. The third-order valence-electron chi connectivity index (χ3n) is 6.90. The third-order valence-corrected chi connectivity index (χ3v) is 6.90. The second-order valence-electron chi connectivity index (χ2n) is 10.1. The van der Waals surface area contributed by atoms with E-state index in [1.807, 2.05) is 4.90 Å². The van der Waals surface area contributed by atoms with Gasteiger partial charge in [-0.05, 0) is 49.3 Å². The maximum absolute atomic E-state index is 12.2. The van der Waals surface area contributed by atoms with Crippen molar-refractivity contribution in [1.82, 2.24) is 30.0 Å². The zero-order chi connectivity index (χ0) is 25.7. The molecular weight excluding hydrogens is 456 g/mol. The normalized spacial score (nSPS) is 18.5. The minimum Gasteiger partial charge on any atom is -0.353 e. The van der Waals surface area contributed by atoms with Gasteiger partial charge in [-0.25, -0.2) is 14.6 Å². The number of amides is 4. The van der Waals surface area contributed by atoms with Gasteiger partial charge in [0, 0.05) is 66.1 Å². The number of nitrogens with zero attached hydrogens (tertiary/aromatic N) is 6. The van der Waals surface area contributed by atoms with Crippen LogP contribution in [-0.2, 0) is 0 Å². The van der Waals surface area contributed by atoms with Crippen molar-refractivity contribution >= 4 is 29.4 Å². The van der Waals surface area contributed by atoms with Crippen molar-refractivity contribution < 1.29 is 9.59 Å². The van der Waals surface area contributed by atoms with Gasteiger partial charge in [-0.2, -0.15) is 0 Å². The molecule has 4 amide bonds. The fourth-order valence-corrected chi connectivity index (χ4v) is 4.85. The number of likely N-dealkylation sites (tertiary alicyclic amines) is 1. The first kappa shape index (κ1) is 25.5. The zero-order valence-electron chi connectivity index (χ0n) is 21.8. The highest BCUT2D eigenvalue weighted by Crippen LogP contribution is 2.30. The Labute approximate surface area is 213 Å². The Morgan fingerprint density at radius 1 is 0.944 bits per heavy atom. The van der Waals surface area contributed by atoms with Crippen LogP contribution in [-0.4, -0.2) is 97.1 Å². The molecule has 36 heavy (non-hydrogen) atoms.